The number of aliphatic hydroxyl groups is 1. The van der Waals surface area contributed by atoms with Gasteiger partial charge in [0.05, 0.1) is 37.1 Å². The Labute approximate surface area is 142 Å². The molecule has 0 unspecified atom stereocenters. The van der Waals surface area contributed by atoms with Crippen molar-refractivity contribution in [1.82, 2.24) is 19.3 Å². The Hall–Kier alpha value is -2.58. The van der Waals surface area contributed by atoms with Gasteiger partial charge in [0.15, 0.2) is 5.65 Å². The molecule has 0 amide bonds. The van der Waals surface area contributed by atoms with Crippen LogP contribution in [0.1, 0.15) is 12.8 Å². The minimum Gasteiger partial charge on any atom is -0.388 e. The number of hydrogen-bond donors (Lipinski definition) is 2. The van der Waals surface area contributed by atoms with E-state index in [9.17, 15) is 14.3 Å². The summed E-state index contributed by atoms with van der Waals surface area (Å²) in [5.41, 5.74) is -0.0680. The first-order chi connectivity index (χ1) is 12.1. The second-order valence-electron chi connectivity index (χ2n) is 6.54. The molecule has 1 fully saturated rings. The van der Waals surface area contributed by atoms with E-state index in [0.29, 0.717) is 29.6 Å². The largest absolute Gasteiger partial charge is 0.388 e. The van der Waals surface area contributed by atoms with Crippen molar-refractivity contribution in [3.8, 4) is 5.69 Å². The van der Waals surface area contributed by atoms with E-state index < -0.39 is 5.60 Å². The highest BCUT2D eigenvalue weighted by Gasteiger charge is 2.32. The number of rotatable bonds is 3. The highest BCUT2D eigenvalue weighted by atomic mass is 19.1. The van der Waals surface area contributed by atoms with Crippen LogP contribution in [-0.4, -0.2) is 43.1 Å². The molecule has 0 aliphatic carbocycles. The smallest absolute Gasteiger partial charge is 0.264 e. The fourth-order valence-electron chi connectivity index (χ4n) is 3.32. The highest BCUT2D eigenvalue weighted by Crippen LogP contribution is 2.19. The van der Waals surface area contributed by atoms with Gasteiger partial charge in [0.25, 0.3) is 5.56 Å². The number of quaternary nitrogens is 1. The summed E-state index contributed by atoms with van der Waals surface area (Å²) in [6.07, 6.45) is 4.20. The molecule has 0 spiro atoms. The first-order valence-corrected chi connectivity index (χ1v) is 8.29. The van der Waals surface area contributed by atoms with E-state index in [2.05, 4.69) is 15.4 Å². The summed E-state index contributed by atoms with van der Waals surface area (Å²) >= 11 is 0. The third kappa shape index (κ3) is 2.94. The standard InChI is InChI=1S/C17H18FN5O2/c18-12-1-3-13(4-2-12)23-15-14(9-21-23)16(24)22(11-20-15)10-17(25)5-7-19-8-6-17/h1-4,9,11,19,25H,5-8,10H2/p+1. The average Bonchev–Trinajstić information content (AvgIpc) is 3.03. The molecule has 0 bridgehead atoms. The number of nitrogens with two attached hydrogens (primary N) is 1. The van der Waals surface area contributed by atoms with Crippen LogP contribution in [0.25, 0.3) is 16.7 Å². The van der Waals surface area contributed by atoms with Gasteiger partial charge in [-0.3, -0.25) is 9.36 Å². The van der Waals surface area contributed by atoms with Crippen molar-refractivity contribution in [2.45, 2.75) is 25.0 Å². The zero-order valence-electron chi connectivity index (χ0n) is 13.6. The zero-order chi connectivity index (χ0) is 17.4. The van der Waals surface area contributed by atoms with Crippen LogP contribution in [0.4, 0.5) is 4.39 Å². The van der Waals surface area contributed by atoms with Crippen LogP contribution in [0, 0.1) is 5.82 Å². The van der Waals surface area contributed by atoms with Gasteiger partial charge in [-0.15, -0.1) is 0 Å². The number of halogens is 1. The van der Waals surface area contributed by atoms with Gasteiger partial charge < -0.3 is 10.4 Å². The Balaban J connectivity index is 1.72. The third-order valence-corrected chi connectivity index (χ3v) is 4.72. The van der Waals surface area contributed by atoms with E-state index in [1.807, 2.05) is 0 Å². The van der Waals surface area contributed by atoms with Gasteiger partial charge in [0, 0.05) is 12.8 Å². The number of benzene rings is 1. The van der Waals surface area contributed by atoms with E-state index in [1.54, 1.807) is 12.1 Å². The minimum absolute atomic E-state index is 0.227. The maximum absolute atomic E-state index is 13.1. The molecule has 3 N–H and O–H groups in total. The molecule has 1 aliphatic heterocycles. The topological polar surface area (TPSA) is 89.5 Å². The molecule has 7 nitrogen and oxygen atoms in total. The van der Waals surface area contributed by atoms with Crippen LogP contribution in [0.15, 0.2) is 41.6 Å². The van der Waals surface area contributed by atoms with E-state index in [0.717, 1.165) is 13.1 Å². The molecule has 0 radical (unpaired) electrons. The Morgan fingerprint density at radius 3 is 2.68 bits per heavy atom. The van der Waals surface area contributed by atoms with Crippen LogP contribution < -0.4 is 10.9 Å². The van der Waals surface area contributed by atoms with Gasteiger partial charge in [-0.2, -0.15) is 5.10 Å². The lowest BCUT2D eigenvalue weighted by Gasteiger charge is -2.30. The molecule has 4 rings (SSSR count). The summed E-state index contributed by atoms with van der Waals surface area (Å²) in [5, 5.41) is 17.4. The monoisotopic (exact) mass is 344 g/mol. The SMILES string of the molecule is O=c1c2cnn(-c3ccc(F)cc3)c2ncn1CC1(O)CC[NH2+]CC1. The van der Waals surface area contributed by atoms with Crippen molar-refractivity contribution in [2.75, 3.05) is 13.1 Å². The lowest BCUT2D eigenvalue weighted by atomic mass is 9.92. The van der Waals surface area contributed by atoms with Crippen molar-refractivity contribution in [2.24, 2.45) is 0 Å². The molecule has 3 heterocycles. The maximum Gasteiger partial charge on any atom is 0.264 e. The van der Waals surface area contributed by atoms with Gasteiger partial charge in [0.1, 0.15) is 17.5 Å². The van der Waals surface area contributed by atoms with Crippen LogP contribution in [0.2, 0.25) is 0 Å². The molecule has 130 valence electrons. The zero-order valence-corrected chi connectivity index (χ0v) is 13.6. The third-order valence-electron chi connectivity index (χ3n) is 4.72. The number of piperidine rings is 1. The molecule has 1 saturated heterocycles. The first-order valence-electron chi connectivity index (χ1n) is 8.29. The molecule has 0 saturated carbocycles. The van der Waals surface area contributed by atoms with Gasteiger partial charge in [-0.05, 0) is 24.3 Å². The summed E-state index contributed by atoms with van der Waals surface area (Å²) in [4.78, 5) is 17.1. The second kappa shape index (κ2) is 6.05. The van der Waals surface area contributed by atoms with Crippen molar-refractivity contribution in [1.29, 1.82) is 0 Å². The van der Waals surface area contributed by atoms with Crippen LogP contribution in [0.3, 0.4) is 0 Å². The van der Waals surface area contributed by atoms with E-state index in [1.165, 1.54) is 33.9 Å². The van der Waals surface area contributed by atoms with Gasteiger partial charge in [-0.1, -0.05) is 0 Å². The lowest BCUT2D eigenvalue weighted by Crippen LogP contribution is -2.88. The summed E-state index contributed by atoms with van der Waals surface area (Å²) in [6, 6.07) is 5.83. The lowest BCUT2D eigenvalue weighted by molar-refractivity contribution is -0.668. The van der Waals surface area contributed by atoms with E-state index >= 15 is 0 Å². The average molecular weight is 344 g/mol. The molecule has 0 atom stereocenters. The number of nitrogens with zero attached hydrogens (tertiary/aromatic N) is 4. The van der Waals surface area contributed by atoms with Gasteiger partial charge in [0.2, 0.25) is 0 Å². The molecule has 3 aromatic rings. The van der Waals surface area contributed by atoms with E-state index in [4.69, 9.17) is 0 Å². The Morgan fingerprint density at radius 2 is 1.96 bits per heavy atom. The van der Waals surface area contributed by atoms with Crippen molar-refractivity contribution in [3.63, 3.8) is 0 Å². The van der Waals surface area contributed by atoms with Crippen LogP contribution in [-0.2, 0) is 6.54 Å². The van der Waals surface area contributed by atoms with E-state index in [-0.39, 0.29) is 17.9 Å². The minimum atomic E-state index is -0.874. The summed E-state index contributed by atoms with van der Waals surface area (Å²) in [5.74, 6) is -0.339. The van der Waals surface area contributed by atoms with Crippen LogP contribution >= 0.6 is 0 Å². The molecular weight excluding hydrogens is 325 g/mol. The summed E-state index contributed by atoms with van der Waals surface area (Å²) in [7, 11) is 0. The molecule has 2 aromatic heterocycles. The first kappa shape index (κ1) is 15.9. The van der Waals surface area contributed by atoms with Crippen molar-refractivity contribution in [3.05, 3.63) is 53.0 Å². The fourth-order valence-corrected chi connectivity index (χ4v) is 3.32. The molecule has 1 aliphatic rings. The summed E-state index contributed by atoms with van der Waals surface area (Å²) < 4.78 is 16.0. The molecule has 8 heteroatoms. The predicted molar refractivity (Wildman–Crippen MR) is 88.9 cm³/mol. The van der Waals surface area contributed by atoms with Crippen LogP contribution in [0.5, 0.6) is 0 Å². The maximum atomic E-state index is 13.1. The second-order valence-corrected chi connectivity index (χ2v) is 6.54. The predicted octanol–water partition coefficient (Wildman–Crippen LogP) is -0.190. The van der Waals surface area contributed by atoms with Crippen molar-refractivity contribution < 1.29 is 14.8 Å². The molecule has 25 heavy (non-hydrogen) atoms. The Bertz CT molecular complexity index is 957. The Kier molecular flexibility index (Phi) is 3.85. The molecular formula is C17H19FN5O2+. The number of fused-ring (bicyclic) bond motifs is 1. The van der Waals surface area contributed by atoms with Crippen molar-refractivity contribution >= 4 is 11.0 Å². The van der Waals surface area contributed by atoms with Gasteiger partial charge >= 0.3 is 0 Å². The Morgan fingerprint density at radius 1 is 1.24 bits per heavy atom. The van der Waals surface area contributed by atoms with Gasteiger partial charge in [-0.25, -0.2) is 14.1 Å². The summed E-state index contributed by atoms with van der Waals surface area (Å²) in [6.45, 7) is 1.93. The highest BCUT2D eigenvalue weighted by molar-refractivity contribution is 5.74. The number of hydrogen-bond acceptors (Lipinski definition) is 4. The molecule has 1 aromatic carbocycles. The fraction of sp³-hybridized carbons (Fsp3) is 0.353. The normalized spacial score (nSPS) is 17.0. The number of aromatic nitrogens is 4. The quantitative estimate of drug-likeness (QED) is 0.689.